The van der Waals surface area contributed by atoms with Gasteiger partial charge in [0.05, 0.1) is 5.41 Å². The smallest absolute Gasteiger partial charge is 0.227 e. The Morgan fingerprint density at radius 1 is 1.37 bits per heavy atom. The molecule has 3 N–H and O–H groups in total. The summed E-state index contributed by atoms with van der Waals surface area (Å²) >= 11 is 0. The maximum absolute atomic E-state index is 12.4. The van der Waals surface area contributed by atoms with Crippen LogP contribution in [-0.4, -0.2) is 36.8 Å². The van der Waals surface area contributed by atoms with E-state index in [0.717, 1.165) is 45.2 Å². The fraction of sp³-hybridized carbons (Fsp3) is 0.929. The predicted molar refractivity (Wildman–Crippen MR) is 78.4 cm³/mol. The number of hydrogen-bond donors (Lipinski definition) is 3. The van der Waals surface area contributed by atoms with Crippen molar-refractivity contribution in [1.29, 1.82) is 0 Å². The molecule has 1 saturated carbocycles. The molecule has 0 aromatic heterocycles. The zero-order valence-electron chi connectivity index (χ0n) is 11.8. The minimum absolute atomic E-state index is 0. The lowest BCUT2D eigenvalue weighted by Crippen LogP contribution is -2.53. The maximum atomic E-state index is 12.4. The molecule has 2 rings (SSSR count). The highest BCUT2D eigenvalue weighted by Crippen LogP contribution is 2.28. The fourth-order valence-corrected chi connectivity index (χ4v) is 3.21. The lowest BCUT2D eigenvalue weighted by molar-refractivity contribution is -0.132. The normalized spacial score (nSPS) is 35.3. The van der Waals surface area contributed by atoms with E-state index in [2.05, 4.69) is 10.6 Å². The van der Waals surface area contributed by atoms with Crippen LogP contribution < -0.4 is 10.6 Å². The van der Waals surface area contributed by atoms with Crippen LogP contribution in [0.25, 0.3) is 0 Å². The number of piperidine rings is 1. The fourth-order valence-electron chi connectivity index (χ4n) is 3.21. The highest BCUT2D eigenvalue weighted by atomic mass is 35.5. The summed E-state index contributed by atoms with van der Waals surface area (Å²) in [5.74, 6) is 0.419. The Kier molecular flexibility index (Phi) is 6.57. The number of aliphatic hydroxyl groups excluding tert-OH is 1. The van der Waals surface area contributed by atoms with Crippen molar-refractivity contribution in [3.8, 4) is 0 Å². The van der Waals surface area contributed by atoms with E-state index in [1.54, 1.807) is 0 Å². The number of rotatable bonds is 3. The Labute approximate surface area is 122 Å². The summed E-state index contributed by atoms with van der Waals surface area (Å²) in [4.78, 5) is 12.4. The van der Waals surface area contributed by atoms with E-state index in [-0.39, 0.29) is 42.3 Å². The molecule has 4 nitrogen and oxygen atoms in total. The molecular weight excluding hydrogens is 264 g/mol. The van der Waals surface area contributed by atoms with Gasteiger partial charge in [-0.1, -0.05) is 12.8 Å². The quantitative estimate of drug-likeness (QED) is 0.738. The average molecular weight is 291 g/mol. The average Bonchev–Trinajstić information content (AvgIpc) is 2.40. The highest BCUT2D eigenvalue weighted by Gasteiger charge is 2.37. The zero-order valence-corrected chi connectivity index (χ0v) is 12.6. The molecule has 112 valence electrons. The molecule has 1 aliphatic heterocycles. The molecule has 0 radical (unpaired) electrons. The molecule has 2 fully saturated rings. The van der Waals surface area contributed by atoms with Gasteiger partial charge >= 0.3 is 0 Å². The van der Waals surface area contributed by atoms with Crippen molar-refractivity contribution < 1.29 is 9.90 Å². The van der Waals surface area contributed by atoms with Gasteiger partial charge in [0.2, 0.25) is 5.91 Å². The lowest BCUT2D eigenvalue weighted by Gasteiger charge is -2.37. The standard InChI is InChI=1S/C14H26N2O2.ClH/c1-14(7-4-8-15-10-14)13(18)16-12-6-3-2-5-11(12)9-17;/h11-12,15,17H,2-10H2,1H3,(H,16,18);1H. The van der Waals surface area contributed by atoms with Crippen LogP contribution in [0.3, 0.4) is 0 Å². The molecule has 3 atom stereocenters. The van der Waals surface area contributed by atoms with Gasteiger partial charge in [0, 0.05) is 25.1 Å². The first kappa shape index (κ1) is 16.7. The number of amides is 1. The lowest BCUT2D eigenvalue weighted by atomic mass is 9.80. The van der Waals surface area contributed by atoms with Gasteiger partial charge in [-0.05, 0) is 39.2 Å². The summed E-state index contributed by atoms with van der Waals surface area (Å²) in [5.41, 5.74) is -0.268. The second-order valence-electron chi connectivity index (χ2n) is 6.15. The predicted octanol–water partition coefficient (Wildman–Crippen LogP) is 1.47. The highest BCUT2D eigenvalue weighted by molar-refractivity contribution is 5.85. The van der Waals surface area contributed by atoms with Gasteiger partial charge in [0.25, 0.3) is 0 Å². The van der Waals surface area contributed by atoms with Gasteiger partial charge in [-0.3, -0.25) is 4.79 Å². The molecule has 0 bridgehead atoms. The molecule has 1 aliphatic carbocycles. The van der Waals surface area contributed by atoms with E-state index in [0.29, 0.717) is 0 Å². The summed E-state index contributed by atoms with van der Waals surface area (Å²) in [5, 5.41) is 15.9. The number of halogens is 1. The maximum Gasteiger partial charge on any atom is 0.227 e. The van der Waals surface area contributed by atoms with Crippen LogP contribution in [0, 0.1) is 11.3 Å². The number of hydrogen-bond acceptors (Lipinski definition) is 3. The molecule has 5 heteroatoms. The zero-order chi connectivity index (χ0) is 13.0. The number of aliphatic hydroxyl groups is 1. The molecule has 19 heavy (non-hydrogen) atoms. The van der Waals surface area contributed by atoms with E-state index in [1.165, 1.54) is 6.42 Å². The van der Waals surface area contributed by atoms with Crippen molar-refractivity contribution in [2.75, 3.05) is 19.7 Å². The molecule has 1 saturated heterocycles. The third-order valence-electron chi connectivity index (χ3n) is 4.61. The molecule has 0 aromatic carbocycles. The van der Waals surface area contributed by atoms with Crippen molar-refractivity contribution in [3.63, 3.8) is 0 Å². The van der Waals surface area contributed by atoms with E-state index in [9.17, 15) is 9.90 Å². The van der Waals surface area contributed by atoms with E-state index < -0.39 is 0 Å². The molecule has 3 unspecified atom stereocenters. The van der Waals surface area contributed by atoms with E-state index in [4.69, 9.17) is 0 Å². The Morgan fingerprint density at radius 2 is 2.11 bits per heavy atom. The van der Waals surface area contributed by atoms with Crippen LogP contribution >= 0.6 is 12.4 Å². The van der Waals surface area contributed by atoms with E-state index >= 15 is 0 Å². The second kappa shape index (κ2) is 7.46. The summed E-state index contributed by atoms with van der Waals surface area (Å²) in [6.45, 7) is 4.03. The van der Waals surface area contributed by atoms with E-state index in [1.807, 2.05) is 6.92 Å². The monoisotopic (exact) mass is 290 g/mol. The largest absolute Gasteiger partial charge is 0.396 e. The molecule has 0 spiro atoms. The van der Waals surface area contributed by atoms with Gasteiger partial charge in [0.15, 0.2) is 0 Å². The van der Waals surface area contributed by atoms with Gasteiger partial charge in [-0.2, -0.15) is 0 Å². The third kappa shape index (κ3) is 4.07. The summed E-state index contributed by atoms with van der Waals surface area (Å²) in [7, 11) is 0. The molecule has 0 aromatic rings. The number of nitrogens with one attached hydrogen (secondary N) is 2. The van der Waals surface area contributed by atoms with Crippen LogP contribution in [0.2, 0.25) is 0 Å². The topological polar surface area (TPSA) is 61.4 Å². The summed E-state index contributed by atoms with van der Waals surface area (Å²) in [6, 6.07) is 0.176. The molecule has 1 amide bonds. The Morgan fingerprint density at radius 3 is 2.74 bits per heavy atom. The van der Waals surface area contributed by atoms with Crippen molar-refractivity contribution in [3.05, 3.63) is 0 Å². The van der Waals surface area contributed by atoms with Crippen molar-refractivity contribution in [2.24, 2.45) is 11.3 Å². The van der Waals surface area contributed by atoms with Crippen molar-refractivity contribution in [2.45, 2.75) is 51.5 Å². The molecule has 2 aliphatic rings. The molecular formula is C14H27ClN2O2. The minimum Gasteiger partial charge on any atom is -0.396 e. The Bertz CT molecular complexity index is 293. The van der Waals surface area contributed by atoms with Crippen LogP contribution in [0.5, 0.6) is 0 Å². The third-order valence-corrected chi connectivity index (χ3v) is 4.61. The van der Waals surface area contributed by atoms with Crippen LogP contribution in [0.1, 0.15) is 45.4 Å². The number of carbonyl (C=O) groups excluding carboxylic acids is 1. The van der Waals surface area contributed by atoms with Gasteiger partial charge in [-0.15, -0.1) is 12.4 Å². The van der Waals surface area contributed by atoms with Crippen LogP contribution in [-0.2, 0) is 4.79 Å². The number of carbonyl (C=O) groups is 1. The summed E-state index contributed by atoms with van der Waals surface area (Å²) in [6.07, 6.45) is 6.42. The second-order valence-corrected chi connectivity index (χ2v) is 6.15. The Hall–Kier alpha value is -0.320. The SMILES string of the molecule is CC1(C(=O)NC2CCCCC2CO)CCCNC1.Cl. The molecule has 1 heterocycles. The van der Waals surface area contributed by atoms with Gasteiger partial charge in [-0.25, -0.2) is 0 Å². The van der Waals surface area contributed by atoms with Gasteiger partial charge in [0.1, 0.15) is 0 Å². The first-order valence-electron chi connectivity index (χ1n) is 7.28. The summed E-state index contributed by atoms with van der Waals surface area (Å²) < 4.78 is 0. The van der Waals surface area contributed by atoms with Gasteiger partial charge < -0.3 is 15.7 Å². The van der Waals surface area contributed by atoms with Crippen LogP contribution in [0.4, 0.5) is 0 Å². The Balaban J connectivity index is 0.00000180. The van der Waals surface area contributed by atoms with Crippen molar-refractivity contribution >= 4 is 18.3 Å². The van der Waals surface area contributed by atoms with Crippen LogP contribution in [0.15, 0.2) is 0 Å². The first-order chi connectivity index (χ1) is 8.65. The minimum atomic E-state index is -0.268. The van der Waals surface area contributed by atoms with Crippen molar-refractivity contribution in [1.82, 2.24) is 10.6 Å². The first-order valence-corrected chi connectivity index (χ1v) is 7.28.